The minimum atomic E-state index is -1.23. The lowest BCUT2D eigenvalue weighted by Gasteiger charge is -2.30. The van der Waals surface area contributed by atoms with Gasteiger partial charge in [0.25, 0.3) is 11.8 Å². The van der Waals surface area contributed by atoms with Crippen molar-refractivity contribution in [2.24, 2.45) is 0 Å². The molecule has 0 aliphatic carbocycles. The van der Waals surface area contributed by atoms with Gasteiger partial charge in [-0.05, 0) is 24.1 Å². The lowest BCUT2D eigenvalue weighted by molar-refractivity contribution is 0.0682. The molecule has 3 rings (SSSR count). The lowest BCUT2D eigenvalue weighted by atomic mass is 9.96. The van der Waals surface area contributed by atoms with Crippen LogP contribution >= 0.6 is 0 Å². The van der Waals surface area contributed by atoms with Crippen molar-refractivity contribution in [2.75, 3.05) is 20.8 Å². The van der Waals surface area contributed by atoms with Gasteiger partial charge in [-0.15, -0.1) is 0 Å². The zero-order chi connectivity index (χ0) is 18.8. The van der Waals surface area contributed by atoms with Gasteiger partial charge in [0, 0.05) is 18.7 Å². The average Bonchev–Trinajstić information content (AvgIpc) is 2.64. The maximum atomic E-state index is 13.1. The average molecular weight is 360 g/mol. The third kappa shape index (κ3) is 3.05. The Labute approximate surface area is 149 Å². The van der Waals surface area contributed by atoms with Crippen LogP contribution in [0, 0.1) is 5.82 Å². The molecule has 1 aromatic heterocycles. The standard InChI is InChI=1S/C18H17FN2O5/c1-25-15-13-12(14(18(23)24)20-16(15)26-2)7-8-21(17(13)22)9-10-3-5-11(19)6-4-10/h3-6H,7-9H2,1-2H3,(H,23,24). The quantitative estimate of drug-likeness (QED) is 0.879. The number of pyridine rings is 1. The van der Waals surface area contributed by atoms with Crippen LogP contribution in [0.25, 0.3) is 0 Å². The third-order valence-electron chi connectivity index (χ3n) is 4.24. The number of methoxy groups -OCH3 is 2. The Kier molecular flexibility index (Phi) is 4.75. The van der Waals surface area contributed by atoms with Gasteiger partial charge in [0.15, 0.2) is 11.4 Å². The van der Waals surface area contributed by atoms with Crippen LogP contribution in [-0.2, 0) is 13.0 Å². The van der Waals surface area contributed by atoms with E-state index in [2.05, 4.69) is 4.98 Å². The first-order valence-corrected chi connectivity index (χ1v) is 7.88. The van der Waals surface area contributed by atoms with E-state index in [1.807, 2.05) is 0 Å². The number of fused-ring (bicyclic) bond motifs is 1. The van der Waals surface area contributed by atoms with Crippen LogP contribution < -0.4 is 9.47 Å². The van der Waals surface area contributed by atoms with Gasteiger partial charge in [0.1, 0.15) is 5.82 Å². The fourth-order valence-electron chi connectivity index (χ4n) is 3.02. The molecule has 1 N–H and O–H groups in total. The molecule has 2 heterocycles. The molecule has 1 amide bonds. The Bertz CT molecular complexity index is 867. The molecule has 1 aliphatic rings. The number of benzene rings is 1. The van der Waals surface area contributed by atoms with Crippen LogP contribution in [0.2, 0.25) is 0 Å². The number of halogens is 1. The predicted octanol–water partition coefficient (Wildman–Crippen LogP) is 2.13. The van der Waals surface area contributed by atoms with E-state index in [0.29, 0.717) is 18.5 Å². The summed E-state index contributed by atoms with van der Waals surface area (Å²) >= 11 is 0. The minimum Gasteiger partial charge on any atom is -0.491 e. The van der Waals surface area contributed by atoms with Gasteiger partial charge in [-0.25, -0.2) is 14.2 Å². The van der Waals surface area contributed by atoms with Crippen molar-refractivity contribution in [2.45, 2.75) is 13.0 Å². The SMILES string of the molecule is COc1nc(C(=O)O)c2c(c1OC)C(=O)N(Cc1ccc(F)cc1)CC2. The van der Waals surface area contributed by atoms with E-state index in [4.69, 9.17) is 9.47 Å². The number of aromatic nitrogens is 1. The van der Waals surface area contributed by atoms with Crippen LogP contribution in [0.15, 0.2) is 24.3 Å². The zero-order valence-electron chi connectivity index (χ0n) is 14.3. The molecule has 0 unspecified atom stereocenters. The van der Waals surface area contributed by atoms with Crippen LogP contribution in [0.5, 0.6) is 11.6 Å². The summed E-state index contributed by atoms with van der Waals surface area (Å²) in [6.45, 7) is 0.593. The Morgan fingerprint density at radius 1 is 1.27 bits per heavy atom. The van der Waals surface area contributed by atoms with Crippen molar-refractivity contribution < 1.29 is 28.6 Å². The van der Waals surface area contributed by atoms with Crippen LogP contribution in [-0.4, -0.2) is 47.6 Å². The molecule has 26 heavy (non-hydrogen) atoms. The third-order valence-corrected chi connectivity index (χ3v) is 4.24. The van der Waals surface area contributed by atoms with Crippen molar-refractivity contribution in [1.29, 1.82) is 0 Å². The number of aromatic carboxylic acids is 1. The number of carbonyl (C=O) groups is 2. The maximum Gasteiger partial charge on any atom is 0.354 e. The summed E-state index contributed by atoms with van der Waals surface area (Å²) in [5.41, 5.74) is 1.02. The highest BCUT2D eigenvalue weighted by Gasteiger charge is 2.34. The van der Waals surface area contributed by atoms with Gasteiger partial charge >= 0.3 is 5.97 Å². The molecule has 0 spiro atoms. The van der Waals surface area contributed by atoms with Crippen molar-refractivity contribution in [1.82, 2.24) is 9.88 Å². The molecule has 0 saturated carbocycles. The van der Waals surface area contributed by atoms with Crippen molar-refractivity contribution in [3.8, 4) is 11.6 Å². The molecule has 0 atom stereocenters. The summed E-state index contributed by atoms with van der Waals surface area (Å²) in [6, 6.07) is 5.86. The number of nitrogens with zero attached hydrogens (tertiary/aromatic N) is 2. The molecule has 0 radical (unpaired) electrons. The molecule has 0 fully saturated rings. The van der Waals surface area contributed by atoms with Gasteiger partial charge in [0.05, 0.1) is 19.8 Å². The molecule has 2 aromatic rings. The minimum absolute atomic E-state index is 0.0550. The van der Waals surface area contributed by atoms with E-state index in [1.54, 1.807) is 17.0 Å². The predicted molar refractivity (Wildman–Crippen MR) is 89.1 cm³/mol. The van der Waals surface area contributed by atoms with Gasteiger partial charge in [-0.3, -0.25) is 4.79 Å². The number of amides is 1. The molecule has 1 aromatic carbocycles. The summed E-state index contributed by atoms with van der Waals surface area (Å²) in [6.07, 6.45) is 0.317. The number of carbonyl (C=O) groups excluding carboxylic acids is 1. The fourth-order valence-corrected chi connectivity index (χ4v) is 3.02. The molecule has 8 heteroatoms. The number of hydrogen-bond donors (Lipinski definition) is 1. The summed E-state index contributed by atoms with van der Waals surface area (Å²) in [5.74, 6) is -1.91. The van der Waals surface area contributed by atoms with Crippen LogP contribution in [0.3, 0.4) is 0 Å². The van der Waals surface area contributed by atoms with E-state index < -0.39 is 5.97 Å². The zero-order valence-corrected chi connectivity index (χ0v) is 14.3. The fraction of sp³-hybridized carbons (Fsp3) is 0.278. The highest BCUT2D eigenvalue weighted by molar-refractivity contribution is 6.03. The summed E-state index contributed by atoms with van der Waals surface area (Å²) in [5, 5.41) is 9.42. The summed E-state index contributed by atoms with van der Waals surface area (Å²) in [4.78, 5) is 30.1. The molecular weight excluding hydrogens is 343 g/mol. The Balaban J connectivity index is 2.03. The van der Waals surface area contributed by atoms with E-state index in [9.17, 15) is 19.1 Å². The first kappa shape index (κ1) is 17.7. The van der Waals surface area contributed by atoms with E-state index in [0.717, 1.165) is 5.56 Å². The number of carboxylic acids is 1. The van der Waals surface area contributed by atoms with E-state index in [-0.39, 0.29) is 41.2 Å². The second kappa shape index (κ2) is 6.99. The van der Waals surface area contributed by atoms with Crippen molar-refractivity contribution in [3.63, 3.8) is 0 Å². The van der Waals surface area contributed by atoms with Gasteiger partial charge in [-0.1, -0.05) is 12.1 Å². The van der Waals surface area contributed by atoms with E-state index in [1.165, 1.54) is 26.4 Å². The second-order valence-corrected chi connectivity index (χ2v) is 5.76. The highest BCUT2D eigenvalue weighted by atomic mass is 19.1. The number of carboxylic acid groups (broad SMARTS) is 1. The normalized spacial score (nSPS) is 13.3. The lowest BCUT2D eigenvalue weighted by Crippen LogP contribution is -2.38. The molecule has 1 aliphatic heterocycles. The number of hydrogen-bond acceptors (Lipinski definition) is 5. The molecule has 0 saturated heterocycles. The first-order valence-electron chi connectivity index (χ1n) is 7.88. The van der Waals surface area contributed by atoms with Crippen molar-refractivity contribution in [3.05, 3.63) is 52.5 Å². The Morgan fingerprint density at radius 2 is 1.96 bits per heavy atom. The van der Waals surface area contributed by atoms with Gasteiger partial charge in [0.2, 0.25) is 0 Å². The number of ether oxygens (including phenoxy) is 2. The molecule has 0 bridgehead atoms. The Hall–Kier alpha value is -3.16. The summed E-state index contributed by atoms with van der Waals surface area (Å²) in [7, 11) is 2.69. The highest BCUT2D eigenvalue weighted by Crippen LogP contribution is 2.37. The topological polar surface area (TPSA) is 89.0 Å². The smallest absolute Gasteiger partial charge is 0.354 e. The molecule has 7 nitrogen and oxygen atoms in total. The Morgan fingerprint density at radius 3 is 2.54 bits per heavy atom. The van der Waals surface area contributed by atoms with E-state index >= 15 is 0 Å². The molecular formula is C18H17FN2O5. The van der Waals surface area contributed by atoms with Gasteiger partial charge < -0.3 is 19.5 Å². The maximum absolute atomic E-state index is 13.1. The largest absolute Gasteiger partial charge is 0.491 e. The summed E-state index contributed by atoms with van der Waals surface area (Å²) < 4.78 is 23.4. The number of rotatable bonds is 5. The van der Waals surface area contributed by atoms with Crippen molar-refractivity contribution >= 4 is 11.9 Å². The van der Waals surface area contributed by atoms with Crippen LogP contribution in [0.1, 0.15) is 32.0 Å². The monoisotopic (exact) mass is 360 g/mol. The van der Waals surface area contributed by atoms with Gasteiger partial charge in [-0.2, -0.15) is 0 Å². The first-order chi connectivity index (χ1) is 12.5. The second-order valence-electron chi connectivity index (χ2n) is 5.76. The molecule has 136 valence electrons. The van der Waals surface area contributed by atoms with Crippen LogP contribution in [0.4, 0.5) is 4.39 Å².